The SMILES string of the molecule is CCCNCCNC(=O)C1CCCN(C(=O)CCOc2ccccc2)C1.Cl. The van der Waals surface area contributed by atoms with Crippen LogP contribution in [0, 0.1) is 5.92 Å². The Kier molecular flexibility index (Phi) is 11.5. The van der Waals surface area contributed by atoms with Gasteiger partial charge in [-0.15, -0.1) is 12.4 Å². The van der Waals surface area contributed by atoms with E-state index < -0.39 is 0 Å². The number of benzene rings is 1. The highest BCUT2D eigenvalue weighted by Gasteiger charge is 2.27. The normalized spacial score (nSPS) is 16.3. The van der Waals surface area contributed by atoms with E-state index in [0.717, 1.165) is 44.6 Å². The fourth-order valence-corrected chi connectivity index (χ4v) is 3.07. The number of likely N-dealkylation sites (tertiary alicyclic amines) is 1. The molecule has 1 fully saturated rings. The van der Waals surface area contributed by atoms with Crippen LogP contribution in [0.5, 0.6) is 5.75 Å². The Labute approximate surface area is 168 Å². The molecule has 1 heterocycles. The standard InChI is InChI=1S/C20H31N3O3.ClH/c1-2-11-21-12-13-22-20(25)17-7-6-14-23(16-17)19(24)10-15-26-18-8-4-3-5-9-18;/h3-5,8-9,17,21H,2,6-7,10-16H2,1H3,(H,22,25);1H. The van der Waals surface area contributed by atoms with Crippen LogP contribution in [0.1, 0.15) is 32.6 Å². The zero-order chi connectivity index (χ0) is 18.6. The number of amides is 2. The van der Waals surface area contributed by atoms with Crippen molar-refractivity contribution in [1.29, 1.82) is 0 Å². The smallest absolute Gasteiger partial charge is 0.226 e. The van der Waals surface area contributed by atoms with Gasteiger partial charge in [0.1, 0.15) is 5.75 Å². The van der Waals surface area contributed by atoms with Crippen LogP contribution >= 0.6 is 12.4 Å². The molecule has 2 amide bonds. The summed E-state index contributed by atoms with van der Waals surface area (Å²) in [5, 5.41) is 6.24. The van der Waals surface area contributed by atoms with E-state index in [1.54, 1.807) is 4.90 Å². The summed E-state index contributed by atoms with van der Waals surface area (Å²) in [6.45, 7) is 6.10. The summed E-state index contributed by atoms with van der Waals surface area (Å²) in [7, 11) is 0. The highest BCUT2D eigenvalue weighted by Crippen LogP contribution is 2.17. The van der Waals surface area contributed by atoms with E-state index >= 15 is 0 Å². The molecular formula is C20H32ClN3O3. The second kappa shape index (κ2) is 13.4. The van der Waals surface area contributed by atoms with Crippen LogP contribution < -0.4 is 15.4 Å². The van der Waals surface area contributed by atoms with E-state index in [4.69, 9.17) is 4.74 Å². The van der Waals surface area contributed by atoms with E-state index in [2.05, 4.69) is 17.6 Å². The van der Waals surface area contributed by atoms with Crippen molar-refractivity contribution in [2.75, 3.05) is 39.3 Å². The lowest BCUT2D eigenvalue weighted by molar-refractivity contribution is -0.136. The van der Waals surface area contributed by atoms with Crippen LogP contribution in [0.3, 0.4) is 0 Å². The minimum atomic E-state index is -0.103. The Morgan fingerprint density at radius 1 is 1.19 bits per heavy atom. The topological polar surface area (TPSA) is 70.7 Å². The lowest BCUT2D eigenvalue weighted by Gasteiger charge is -2.32. The molecule has 1 aliphatic rings. The van der Waals surface area contributed by atoms with Crippen molar-refractivity contribution in [3.8, 4) is 5.75 Å². The van der Waals surface area contributed by atoms with Gasteiger partial charge in [-0.05, 0) is 37.9 Å². The number of nitrogens with zero attached hydrogens (tertiary/aromatic N) is 1. The van der Waals surface area contributed by atoms with E-state index in [1.807, 2.05) is 30.3 Å². The van der Waals surface area contributed by atoms with Crippen molar-refractivity contribution in [2.45, 2.75) is 32.6 Å². The van der Waals surface area contributed by atoms with Gasteiger partial charge in [-0.3, -0.25) is 9.59 Å². The number of ether oxygens (including phenoxy) is 1. The molecule has 2 rings (SSSR count). The average molecular weight is 398 g/mol. The van der Waals surface area contributed by atoms with E-state index in [1.165, 1.54) is 0 Å². The van der Waals surface area contributed by atoms with Crippen LogP contribution in [0.2, 0.25) is 0 Å². The number of carbonyl (C=O) groups excluding carboxylic acids is 2. The number of halogens is 1. The number of carbonyl (C=O) groups is 2. The van der Waals surface area contributed by atoms with Crippen molar-refractivity contribution in [2.24, 2.45) is 5.92 Å². The van der Waals surface area contributed by atoms with Crippen LogP contribution in [-0.2, 0) is 9.59 Å². The number of nitrogens with one attached hydrogen (secondary N) is 2. The highest BCUT2D eigenvalue weighted by atomic mass is 35.5. The predicted octanol–water partition coefficient (Wildman–Crippen LogP) is 2.23. The number of piperidine rings is 1. The molecule has 0 aliphatic carbocycles. The molecule has 0 spiro atoms. The Balaban J connectivity index is 0.00000364. The second-order valence-corrected chi connectivity index (χ2v) is 6.63. The van der Waals surface area contributed by atoms with Crippen molar-refractivity contribution in [3.63, 3.8) is 0 Å². The number of rotatable bonds is 10. The van der Waals surface area contributed by atoms with Gasteiger partial charge in [-0.25, -0.2) is 0 Å². The minimum Gasteiger partial charge on any atom is -0.493 e. The first-order chi connectivity index (χ1) is 12.7. The molecule has 1 saturated heterocycles. The van der Waals surface area contributed by atoms with Gasteiger partial charge in [-0.2, -0.15) is 0 Å². The van der Waals surface area contributed by atoms with Gasteiger partial charge < -0.3 is 20.3 Å². The first-order valence-electron chi connectivity index (χ1n) is 9.64. The molecule has 0 aromatic heterocycles. The molecule has 0 saturated carbocycles. The highest BCUT2D eigenvalue weighted by molar-refractivity contribution is 5.85. The van der Waals surface area contributed by atoms with E-state index in [-0.39, 0.29) is 30.1 Å². The summed E-state index contributed by atoms with van der Waals surface area (Å²) in [6.07, 6.45) is 3.14. The molecule has 1 atom stereocenters. The Bertz CT molecular complexity index is 557. The van der Waals surface area contributed by atoms with E-state index in [9.17, 15) is 9.59 Å². The average Bonchev–Trinajstić information content (AvgIpc) is 2.68. The molecule has 7 heteroatoms. The first-order valence-corrected chi connectivity index (χ1v) is 9.64. The van der Waals surface area contributed by atoms with Gasteiger partial charge in [0.25, 0.3) is 0 Å². The van der Waals surface area contributed by atoms with Gasteiger partial charge in [0, 0.05) is 26.2 Å². The van der Waals surface area contributed by atoms with Gasteiger partial charge in [0.15, 0.2) is 0 Å². The van der Waals surface area contributed by atoms with Crippen LogP contribution in [0.25, 0.3) is 0 Å². The van der Waals surface area contributed by atoms with Gasteiger partial charge in [-0.1, -0.05) is 25.1 Å². The third-order valence-electron chi connectivity index (χ3n) is 4.50. The van der Waals surface area contributed by atoms with Crippen molar-refractivity contribution in [3.05, 3.63) is 30.3 Å². The lowest BCUT2D eigenvalue weighted by atomic mass is 9.97. The fourth-order valence-electron chi connectivity index (χ4n) is 3.07. The third-order valence-corrected chi connectivity index (χ3v) is 4.50. The summed E-state index contributed by atoms with van der Waals surface area (Å²) >= 11 is 0. The Morgan fingerprint density at radius 2 is 1.96 bits per heavy atom. The zero-order valence-electron chi connectivity index (χ0n) is 16.1. The quantitative estimate of drug-likeness (QED) is 0.594. The molecule has 0 radical (unpaired) electrons. The summed E-state index contributed by atoms with van der Waals surface area (Å²) in [5.41, 5.74) is 0. The summed E-state index contributed by atoms with van der Waals surface area (Å²) < 4.78 is 5.59. The van der Waals surface area contributed by atoms with Gasteiger partial charge in [0.05, 0.1) is 18.9 Å². The van der Waals surface area contributed by atoms with Crippen molar-refractivity contribution < 1.29 is 14.3 Å². The molecule has 1 aromatic carbocycles. The molecule has 1 unspecified atom stereocenters. The summed E-state index contributed by atoms with van der Waals surface area (Å²) in [5.74, 6) is 0.783. The molecular weight excluding hydrogens is 366 g/mol. The fraction of sp³-hybridized carbons (Fsp3) is 0.600. The predicted molar refractivity (Wildman–Crippen MR) is 109 cm³/mol. The molecule has 0 bridgehead atoms. The zero-order valence-corrected chi connectivity index (χ0v) is 16.9. The Hall–Kier alpha value is -1.79. The maximum absolute atomic E-state index is 12.4. The number of hydrogen-bond donors (Lipinski definition) is 2. The van der Waals surface area contributed by atoms with Crippen LogP contribution in [-0.4, -0.2) is 56.0 Å². The van der Waals surface area contributed by atoms with Crippen molar-refractivity contribution >= 4 is 24.2 Å². The number of hydrogen-bond acceptors (Lipinski definition) is 4. The van der Waals surface area contributed by atoms with Crippen LogP contribution in [0.15, 0.2) is 30.3 Å². The Morgan fingerprint density at radius 3 is 2.70 bits per heavy atom. The summed E-state index contributed by atoms with van der Waals surface area (Å²) in [6, 6.07) is 9.49. The van der Waals surface area contributed by atoms with Gasteiger partial charge >= 0.3 is 0 Å². The molecule has 27 heavy (non-hydrogen) atoms. The van der Waals surface area contributed by atoms with E-state index in [0.29, 0.717) is 26.1 Å². The third kappa shape index (κ3) is 8.63. The maximum atomic E-state index is 12.4. The molecule has 152 valence electrons. The summed E-state index contributed by atoms with van der Waals surface area (Å²) in [4.78, 5) is 26.5. The van der Waals surface area contributed by atoms with Gasteiger partial charge in [0.2, 0.25) is 11.8 Å². The molecule has 6 nitrogen and oxygen atoms in total. The molecule has 1 aromatic rings. The minimum absolute atomic E-state index is 0. The monoisotopic (exact) mass is 397 g/mol. The molecule has 1 aliphatic heterocycles. The largest absolute Gasteiger partial charge is 0.493 e. The first kappa shape index (κ1) is 23.2. The van der Waals surface area contributed by atoms with Crippen LogP contribution in [0.4, 0.5) is 0 Å². The number of para-hydroxylation sites is 1. The maximum Gasteiger partial charge on any atom is 0.226 e. The lowest BCUT2D eigenvalue weighted by Crippen LogP contribution is -2.46. The van der Waals surface area contributed by atoms with Crippen molar-refractivity contribution in [1.82, 2.24) is 15.5 Å². The molecule has 2 N–H and O–H groups in total. The second-order valence-electron chi connectivity index (χ2n) is 6.63.